The van der Waals surface area contributed by atoms with Crippen LogP contribution in [0.15, 0.2) is 42.5 Å². The molecule has 0 aromatic heterocycles. The summed E-state index contributed by atoms with van der Waals surface area (Å²) in [6, 6.07) is 14.7. The predicted octanol–water partition coefficient (Wildman–Crippen LogP) is 3.64. The molecule has 0 heterocycles. The van der Waals surface area contributed by atoms with Gasteiger partial charge in [0.15, 0.2) is 0 Å². The van der Waals surface area contributed by atoms with Crippen LogP contribution < -0.4 is 0 Å². The van der Waals surface area contributed by atoms with Gasteiger partial charge in [-0.2, -0.15) is 5.26 Å². The normalized spacial score (nSPS) is 10.6. The summed E-state index contributed by atoms with van der Waals surface area (Å²) >= 11 is 0. The Kier molecular flexibility index (Phi) is 4.49. The largest absolute Gasteiger partial charge is 0.298 e. The summed E-state index contributed by atoms with van der Waals surface area (Å²) in [4.78, 5) is 2.07. The summed E-state index contributed by atoms with van der Waals surface area (Å²) in [6.45, 7) is 3.37. The highest BCUT2D eigenvalue weighted by molar-refractivity contribution is 5.37. The highest BCUT2D eigenvalue weighted by Crippen LogP contribution is 2.14. The topological polar surface area (TPSA) is 27.0 Å². The molecule has 20 heavy (non-hydrogen) atoms. The van der Waals surface area contributed by atoms with Gasteiger partial charge in [0, 0.05) is 13.1 Å². The third kappa shape index (κ3) is 3.66. The first-order valence-corrected chi connectivity index (χ1v) is 6.51. The van der Waals surface area contributed by atoms with Crippen LogP contribution in [0, 0.1) is 24.1 Å². The molecule has 0 saturated carbocycles. The molecule has 0 bridgehead atoms. The molecule has 0 amide bonds. The number of hydrogen-bond acceptors (Lipinski definition) is 2. The second-order valence-electron chi connectivity index (χ2n) is 5.07. The fraction of sp³-hybridized carbons (Fsp3) is 0.235. The number of benzene rings is 2. The molecule has 3 heteroatoms. The minimum atomic E-state index is -0.303. The molecule has 0 aliphatic heterocycles. The molecule has 2 rings (SSSR count). The van der Waals surface area contributed by atoms with E-state index in [1.165, 1.54) is 29.3 Å². The minimum absolute atomic E-state index is 0.303. The van der Waals surface area contributed by atoms with Crippen LogP contribution in [0.25, 0.3) is 0 Å². The molecule has 0 unspecified atom stereocenters. The number of nitriles is 1. The van der Waals surface area contributed by atoms with Crippen LogP contribution in [0.5, 0.6) is 0 Å². The highest BCUT2D eigenvalue weighted by atomic mass is 19.1. The zero-order chi connectivity index (χ0) is 14.5. The summed E-state index contributed by atoms with van der Waals surface area (Å²) in [5.74, 6) is -0.303. The molecule has 0 radical (unpaired) electrons. The highest BCUT2D eigenvalue weighted by Gasteiger charge is 2.07. The molecule has 2 aromatic rings. The van der Waals surface area contributed by atoms with Crippen molar-refractivity contribution in [2.45, 2.75) is 20.0 Å². The second kappa shape index (κ2) is 6.31. The Bertz CT molecular complexity index is 626. The van der Waals surface area contributed by atoms with E-state index >= 15 is 0 Å². The number of aryl methyl sites for hydroxylation is 1. The van der Waals surface area contributed by atoms with E-state index in [1.807, 2.05) is 7.05 Å². The number of rotatable bonds is 4. The monoisotopic (exact) mass is 268 g/mol. The first kappa shape index (κ1) is 14.2. The molecule has 0 aliphatic carbocycles. The summed E-state index contributed by atoms with van der Waals surface area (Å²) in [5.41, 5.74) is 3.69. The van der Waals surface area contributed by atoms with Crippen LogP contribution >= 0.6 is 0 Å². The van der Waals surface area contributed by atoms with Crippen LogP contribution in [-0.2, 0) is 13.1 Å². The van der Waals surface area contributed by atoms with Gasteiger partial charge in [0.2, 0.25) is 0 Å². The van der Waals surface area contributed by atoms with Gasteiger partial charge in [-0.05, 0) is 43.3 Å². The lowest BCUT2D eigenvalue weighted by Crippen LogP contribution is -2.18. The van der Waals surface area contributed by atoms with Gasteiger partial charge in [0.1, 0.15) is 5.82 Å². The van der Waals surface area contributed by atoms with Crippen LogP contribution in [0.1, 0.15) is 22.3 Å². The van der Waals surface area contributed by atoms with Crippen molar-refractivity contribution in [1.29, 1.82) is 5.26 Å². The van der Waals surface area contributed by atoms with Gasteiger partial charge in [-0.25, -0.2) is 4.39 Å². The molecule has 2 nitrogen and oxygen atoms in total. The van der Waals surface area contributed by atoms with E-state index in [-0.39, 0.29) is 5.82 Å². The van der Waals surface area contributed by atoms with Crippen molar-refractivity contribution in [1.82, 2.24) is 4.90 Å². The molecule has 0 aliphatic rings. The third-order valence-electron chi connectivity index (χ3n) is 3.20. The molecule has 0 fully saturated rings. The lowest BCUT2D eigenvalue weighted by Gasteiger charge is -2.17. The van der Waals surface area contributed by atoms with Gasteiger partial charge in [-0.15, -0.1) is 0 Å². The van der Waals surface area contributed by atoms with Crippen molar-refractivity contribution >= 4 is 0 Å². The first-order valence-electron chi connectivity index (χ1n) is 6.51. The fourth-order valence-electron chi connectivity index (χ4n) is 2.15. The predicted molar refractivity (Wildman–Crippen MR) is 77.5 cm³/mol. The Morgan fingerprint density at radius 1 is 1.10 bits per heavy atom. The van der Waals surface area contributed by atoms with Crippen LogP contribution in [0.3, 0.4) is 0 Å². The molecule has 0 N–H and O–H groups in total. The zero-order valence-electron chi connectivity index (χ0n) is 11.7. The average molecular weight is 268 g/mol. The lowest BCUT2D eigenvalue weighted by atomic mass is 10.1. The maximum absolute atomic E-state index is 13.3. The van der Waals surface area contributed by atoms with E-state index in [4.69, 9.17) is 5.26 Å². The Labute approximate surface area is 119 Å². The lowest BCUT2D eigenvalue weighted by molar-refractivity contribution is 0.318. The van der Waals surface area contributed by atoms with Gasteiger partial charge in [0.25, 0.3) is 0 Å². The quantitative estimate of drug-likeness (QED) is 0.846. The maximum Gasteiger partial charge on any atom is 0.123 e. The van der Waals surface area contributed by atoms with Gasteiger partial charge in [-0.3, -0.25) is 4.90 Å². The summed E-state index contributed by atoms with van der Waals surface area (Å²) in [5, 5.41) is 9.05. The maximum atomic E-state index is 13.3. The SMILES string of the molecule is Cc1ccc(CN(C)Cc2cc(F)ccc2C#N)cc1. The van der Waals surface area contributed by atoms with E-state index < -0.39 is 0 Å². The number of halogens is 1. The van der Waals surface area contributed by atoms with Gasteiger partial charge in [0.05, 0.1) is 11.6 Å². The van der Waals surface area contributed by atoms with Crippen molar-refractivity contribution in [3.8, 4) is 6.07 Å². The first-order chi connectivity index (χ1) is 9.58. The summed E-state index contributed by atoms with van der Waals surface area (Å²) < 4.78 is 13.3. The van der Waals surface area contributed by atoms with E-state index in [1.54, 1.807) is 0 Å². The van der Waals surface area contributed by atoms with Gasteiger partial charge in [-0.1, -0.05) is 29.8 Å². The average Bonchev–Trinajstić information content (AvgIpc) is 2.41. The van der Waals surface area contributed by atoms with E-state index in [9.17, 15) is 4.39 Å². The minimum Gasteiger partial charge on any atom is -0.298 e. The van der Waals surface area contributed by atoms with Crippen molar-refractivity contribution < 1.29 is 4.39 Å². The Balaban J connectivity index is 2.08. The van der Waals surface area contributed by atoms with Crippen molar-refractivity contribution in [2.75, 3.05) is 7.05 Å². The van der Waals surface area contributed by atoms with Crippen LogP contribution in [-0.4, -0.2) is 11.9 Å². The number of nitrogens with zero attached hydrogens (tertiary/aromatic N) is 2. The fourth-order valence-corrected chi connectivity index (χ4v) is 2.15. The Hall–Kier alpha value is -2.18. The zero-order valence-corrected chi connectivity index (χ0v) is 11.7. The second-order valence-corrected chi connectivity index (χ2v) is 5.07. The van der Waals surface area contributed by atoms with E-state index in [0.717, 1.165) is 12.1 Å². The molecule has 0 spiro atoms. The van der Waals surface area contributed by atoms with E-state index in [2.05, 4.69) is 42.2 Å². The smallest absolute Gasteiger partial charge is 0.123 e. The molecule has 2 aromatic carbocycles. The van der Waals surface area contributed by atoms with Crippen molar-refractivity contribution in [3.05, 3.63) is 70.5 Å². The van der Waals surface area contributed by atoms with Crippen molar-refractivity contribution in [2.24, 2.45) is 0 Å². The van der Waals surface area contributed by atoms with Crippen LogP contribution in [0.2, 0.25) is 0 Å². The molecule has 102 valence electrons. The molecular formula is C17H17FN2. The molecule has 0 atom stereocenters. The van der Waals surface area contributed by atoms with E-state index in [0.29, 0.717) is 12.1 Å². The van der Waals surface area contributed by atoms with Crippen LogP contribution in [0.4, 0.5) is 4.39 Å². The standard InChI is InChI=1S/C17H17FN2/c1-13-3-5-14(6-4-13)11-20(2)12-16-9-17(18)8-7-15(16)10-19/h3-9H,11-12H2,1-2H3. The summed E-state index contributed by atoms with van der Waals surface area (Å²) in [6.07, 6.45) is 0. The van der Waals surface area contributed by atoms with Crippen molar-refractivity contribution in [3.63, 3.8) is 0 Å². The third-order valence-corrected chi connectivity index (χ3v) is 3.20. The summed E-state index contributed by atoms with van der Waals surface area (Å²) in [7, 11) is 1.96. The van der Waals surface area contributed by atoms with Gasteiger partial charge < -0.3 is 0 Å². The Morgan fingerprint density at radius 2 is 1.80 bits per heavy atom. The number of hydrogen-bond donors (Lipinski definition) is 0. The Morgan fingerprint density at radius 3 is 2.45 bits per heavy atom. The molecular weight excluding hydrogens is 251 g/mol. The van der Waals surface area contributed by atoms with Gasteiger partial charge >= 0.3 is 0 Å². The molecule has 0 saturated heterocycles.